The maximum Gasteiger partial charge on any atom is 0.192 e. The second kappa shape index (κ2) is 9.81. The first-order valence-corrected chi connectivity index (χ1v) is 14.7. The summed E-state index contributed by atoms with van der Waals surface area (Å²) in [5.41, 5.74) is 1.75. The molecular formula is C23H37Cl2NOSi. The molecule has 2 fully saturated rings. The van der Waals surface area contributed by atoms with Gasteiger partial charge in [-0.15, -0.1) is 0 Å². The fraction of sp³-hybridized carbons (Fsp3) is 0.783. The molecule has 2 aliphatic carbocycles. The Morgan fingerprint density at radius 2 is 1.61 bits per heavy atom. The van der Waals surface area contributed by atoms with Crippen LogP contribution in [0.4, 0.5) is 0 Å². The predicted molar refractivity (Wildman–Crippen MR) is 123 cm³/mol. The first kappa shape index (κ1) is 22.6. The standard InChI is InChI=1S/C23H37Cl2NOSi/c1-4-28(5-2,6-3)27-21(22-19(24)16-26-17-20(22)25)9-7-8-18-10-12-23(13-11-18)14-15-23/h16-18,21H,4-15H2,1-3H3. The van der Waals surface area contributed by atoms with Gasteiger partial charge in [-0.25, -0.2) is 0 Å². The molecule has 0 amide bonds. The Balaban J connectivity index is 1.65. The Morgan fingerprint density at radius 1 is 1.04 bits per heavy atom. The highest BCUT2D eigenvalue weighted by Crippen LogP contribution is 2.57. The van der Waals surface area contributed by atoms with Gasteiger partial charge in [-0.2, -0.15) is 0 Å². The number of pyridine rings is 1. The van der Waals surface area contributed by atoms with Crippen LogP contribution in [0.2, 0.25) is 28.2 Å². The smallest absolute Gasteiger partial charge is 0.192 e. The lowest BCUT2D eigenvalue weighted by atomic mass is 9.78. The summed E-state index contributed by atoms with van der Waals surface area (Å²) in [4.78, 5) is 4.15. The quantitative estimate of drug-likeness (QED) is 0.338. The van der Waals surface area contributed by atoms with Crippen LogP contribution in [0.25, 0.3) is 0 Å². The highest BCUT2D eigenvalue weighted by Gasteiger charge is 2.44. The second-order valence-electron chi connectivity index (χ2n) is 9.24. The molecular weight excluding hydrogens is 405 g/mol. The fourth-order valence-corrected chi connectivity index (χ4v) is 8.59. The average molecular weight is 443 g/mol. The van der Waals surface area contributed by atoms with Gasteiger partial charge in [0.2, 0.25) is 0 Å². The molecule has 28 heavy (non-hydrogen) atoms. The molecule has 0 aromatic carbocycles. The molecule has 1 atom stereocenters. The van der Waals surface area contributed by atoms with Gasteiger partial charge in [-0.1, -0.05) is 56.8 Å². The predicted octanol–water partition coefficient (Wildman–Crippen LogP) is 8.59. The zero-order chi connectivity index (χ0) is 20.2. The maximum absolute atomic E-state index is 6.91. The molecule has 3 rings (SSSR count). The Bertz CT molecular complexity index is 607. The minimum Gasteiger partial charge on any atom is -0.410 e. The molecule has 2 nitrogen and oxygen atoms in total. The molecule has 5 heteroatoms. The maximum atomic E-state index is 6.91. The van der Waals surface area contributed by atoms with Crippen molar-refractivity contribution in [2.75, 3.05) is 0 Å². The number of nitrogens with zero attached hydrogens (tertiary/aromatic N) is 1. The molecule has 1 aromatic heterocycles. The van der Waals surface area contributed by atoms with Crippen molar-refractivity contribution in [1.82, 2.24) is 4.98 Å². The summed E-state index contributed by atoms with van der Waals surface area (Å²) in [6.45, 7) is 6.84. The van der Waals surface area contributed by atoms with Gasteiger partial charge in [0, 0.05) is 18.0 Å². The highest BCUT2D eigenvalue weighted by molar-refractivity contribution is 6.73. The second-order valence-corrected chi connectivity index (χ2v) is 14.8. The lowest BCUT2D eigenvalue weighted by Crippen LogP contribution is -2.37. The van der Waals surface area contributed by atoms with Gasteiger partial charge in [0.05, 0.1) is 16.1 Å². The van der Waals surface area contributed by atoms with Gasteiger partial charge in [-0.3, -0.25) is 4.98 Å². The van der Waals surface area contributed by atoms with Crippen LogP contribution in [0.3, 0.4) is 0 Å². The minimum atomic E-state index is -1.75. The average Bonchev–Trinajstić information content (AvgIpc) is 3.46. The van der Waals surface area contributed by atoms with Gasteiger partial charge in [-0.05, 0) is 74.4 Å². The van der Waals surface area contributed by atoms with E-state index in [1.807, 2.05) is 0 Å². The van der Waals surface area contributed by atoms with Crippen LogP contribution in [-0.2, 0) is 4.43 Å². The number of aromatic nitrogens is 1. The molecule has 0 aliphatic heterocycles. The molecule has 1 unspecified atom stereocenters. The monoisotopic (exact) mass is 441 g/mol. The van der Waals surface area contributed by atoms with Crippen molar-refractivity contribution in [3.63, 3.8) is 0 Å². The molecule has 158 valence electrons. The first-order chi connectivity index (χ1) is 13.5. The number of rotatable bonds is 10. The van der Waals surface area contributed by atoms with Crippen molar-refractivity contribution in [2.24, 2.45) is 11.3 Å². The topological polar surface area (TPSA) is 22.1 Å². The van der Waals surface area contributed by atoms with Gasteiger partial charge in [0.15, 0.2) is 8.32 Å². The van der Waals surface area contributed by atoms with Crippen molar-refractivity contribution in [2.45, 2.75) is 103 Å². The van der Waals surface area contributed by atoms with Crippen LogP contribution < -0.4 is 0 Å². The van der Waals surface area contributed by atoms with Crippen LogP contribution in [0.1, 0.15) is 90.2 Å². The summed E-state index contributed by atoms with van der Waals surface area (Å²) in [6.07, 6.45) is 15.7. The summed E-state index contributed by atoms with van der Waals surface area (Å²) in [6, 6.07) is 3.42. The van der Waals surface area contributed by atoms with Gasteiger partial charge in [0.1, 0.15) is 0 Å². The van der Waals surface area contributed by atoms with Crippen LogP contribution in [0.15, 0.2) is 12.4 Å². The first-order valence-electron chi connectivity index (χ1n) is 11.4. The number of halogens is 2. The van der Waals surface area contributed by atoms with Crippen LogP contribution in [-0.4, -0.2) is 13.3 Å². The van der Waals surface area contributed by atoms with E-state index in [1.165, 1.54) is 51.4 Å². The van der Waals surface area contributed by atoms with E-state index in [1.54, 1.807) is 12.4 Å². The van der Waals surface area contributed by atoms with E-state index in [-0.39, 0.29) is 6.10 Å². The van der Waals surface area contributed by atoms with E-state index in [9.17, 15) is 0 Å². The molecule has 1 aromatic rings. The largest absolute Gasteiger partial charge is 0.410 e. The summed E-state index contributed by atoms with van der Waals surface area (Å²) >= 11 is 13.1. The lowest BCUT2D eigenvalue weighted by Gasteiger charge is -2.35. The molecule has 0 N–H and O–H groups in total. The molecule has 0 radical (unpaired) electrons. The minimum absolute atomic E-state index is 0.00730. The Labute approximate surface area is 182 Å². The van der Waals surface area contributed by atoms with E-state index >= 15 is 0 Å². The van der Waals surface area contributed by atoms with Crippen LogP contribution in [0.5, 0.6) is 0 Å². The SMILES string of the molecule is CC[Si](CC)(CC)OC(CCCC1CCC2(CC1)CC2)c1c(Cl)cncc1Cl. The van der Waals surface area contributed by atoms with E-state index in [0.29, 0.717) is 10.0 Å². The summed E-state index contributed by atoms with van der Waals surface area (Å²) in [7, 11) is -1.75. The molecule has 2 saturated carbocycles. The Hall–Kier alpha value is -0.0931. The fourth-order valence-electron chi connectivity index (χ4n) is 5.14. The molecule has 1 heterocycles. The van der Waals surface area contributed by atoms with Crippen molar-refractivity contribution < 1.29 is 4.43 Å². The third-order valence-corrected chi connectivity index (χ3v) is 13.0. The zero-order valence-electron chi connectivity index (χ0n) is 17.9. The van der Waals surface area contributed by atoms with Crippen molar-refractivity contribution in [3.8, 4) is 0 Å². The third kappa shape index (κ3) is 5.33. The third-order valence-electron chi connectivity index (χ3n) is 7.74. The normalized spacial score (nSPS) is 20.5. The summed E-state index contributed by atoms with van der Waals surface area (Å²) < 4.78 is 6.91. The van der Waals surface area contributed by atoms with Crippen LogP contribution >= 0.6 is 23.2 Å². The van der Waals surface area contributed by atoms with E-state index in [4.69, 9.17) is 27.6 Å². The molecule has 0 saturated heterocycles. The number of hydrogen-bond donors (Lipinski definition) is 0. The summed E-state index contributed by atoms with van der Waals surface area (Å²) in [5, 5.41) is 1.30. The van der Waals surface area contributed by atoms with E-state index < -0.39 is 8.32 Å². The summed E-state index contributed by atoms with van der Waals surface area (Å²) in [5.74, 6) is 0.904. The Kier molecular flexibility index (Phi) is 7.91. The van der Waals surface area contributed by atoms with Gasteiger partial charge in [0.25, 0.3) is 0 Å². The van der Waals surface area contributed by atoms with Crippen molar-refractivity contribution in [3.05, 3.63) is 28.0 Å². The number of hydrogen-bond acceptors (Lipinski definition) is 2. The molecule has 1 spiro atoms. The molecule has 2 aliphatic rings. The lowest BCUT2D eigenvalue weighted by molar-refractivity contribution is 0.167. The zero-order valence-corrected chi connectivity index (χ0v) is 20.4. The van der Waals surface area contributed by atoms with Crippen LogP contribution in [0, 0.1) is 11.3 Å². The van der Waals surface area contributed by atoms with E-state index in [2.05, 4.69) is 25.8 Å². The highest BCUT2D eigenvalue weighted by atomic mass is 35.5. The van der Waals surface area contributed by atoms with Crippen molar-refractivity contribution in [1.29, 1.82) is 0 Å². The van der Waals surface area contributed by atoms with Gasteiger partial charge >= 0.3 is 0 Å². The van der Waals surface area contributed by atoms with E-state index in [0.717, 1.165) is 41.4 Å². The Morgan fingerprint density at radius 3 is 2.11 bits per heavy atom. The van der Waals surface area contributed by atoms with Crippen molar-refractivity contribution >= 4 is 31.5 Å². The molecule has 0 bridgehead atoms. The van der Waals surface area contributed by atoms with Gasteiger partial charge < -0.3 is 4.43 Å².